The van der Waals surface area contributed by atoms with Crippen LogP contribution in [0.3, 0.4) is 0 Å². The van der Waals surface area contributed by atoms with E-state index >= 15 is 0 Å². The second kappa shape index (κ2) is 6.16. The van der Waals surface area contributed by atoms with Gasteiger partial charge in [0.05, 0.1) is 0 Å². The number of aryl methyl sites for hydroxylation is 1. The Bertz CT molecular complexity index is 358. The summed E-state index contributed by atoms with van der Waals surface area (Å²) in [6, 6.07) is 8.43. The zero-order valence-electron chi connectivity index (χ0n) is 10.4. The first-order valence-corrected chi connectivity index (χ1v) is 5.89. The molecule has 3 heteroatoms. The molecule has 0 saturated carbocycles. The fraction of sp³-hybridized carbons (Fsp3) is 0.462. The molecule has 1 aromatic carbocycles. The van der Waals surface area contributed by atoms with Crippen LogP contribution < -0.4 is 10.6 Å². The van der Waals surface area contributed by atoms with Crippen molar-refractivity contribution >= 4 is 11.6 Å². The first-order valence-electron chi connectivity index (χ1n) is 5.89. The van der Waals surface area contributed by atoms with Crippen LogP contribution in [0, 0.1) is 0 Å². The largest absolute Gasteiger partial charge is 0.370 e. The van der Waals surface area contributed by atoms with E-state index < -0.39 is 0 Å². The fourth-order valence-electron chi connectivity index (χ4n) is 1.67. The lowest BCUT2D eigenvalue weighted by Crippen LogP contribution is -2.37. The minimum absolute atomic E-state index is 0.596. The van der Waals surface area contributed by atoms with E-state index in [-0.39, 0.29) is 0 Å². The van der Waals surface area contributed by atoms with Crippen LogP contribution in [-0.4, -0.2) is 19.0 Å². The van der Waals surface area contributed by atoms with E-state index in [1.54, 1.807) is 0 Å². The Morgan fingerprint density at radius 3 is 2.62 bits per heavy atom. The van der Waals surface area contributed by atoms with E-state index in [4.69, 9.17) is 5.73 Å². The molecule has 0 spiro atoms. The maximum atomic E-state index is 5.94. The molecule has 1 aromatic rings. The van der Waals surface area contributed by atoms with Crippen molar-refractivity contribution in [1.29, 1.82) is 0 Å². The van der Waals surface area contributed by atoms with Crippen molar-refractivity contribution in [3.05, 3.63) is 29.8 Å². The molecule has 2 N–H and O–H groups in total. The van der Waals surface area contributed by atoms with E-state index in [2.05, 4.69) is 43.1 Å². The SMILES string of the molecule is CCN=C(N)N(CC)c1cccc(CC)c1. The third-order valence-corrected chi connectivity index (χ3v) is 2.54. The highest BCUT2D eigenvalue weighted by atomic mass is 15.2. The van der Waals surface area contributed by atoms with E-state index in [1.165, 1.54) is 5.56 Å². The summed E-state index contributed by atoms with van der Waals surface area (Å²) in [7, 11) is 0. The summed E-state index contributed by atoms with van der Waals surface area (Å²) in [6.07, 6.45) is 1.04. The van der Waals surface area contributed by atoms with Crippen LogP contribution in [0.1, 0.15) is 26.3 Å². The molecule has 0 radical (unpaired) electrons. The third-order valence-electron chi connectivity index (χ3n) is 2.54. The van der Waals surface area contributed by atoms with Gasteiger partial charge in [0.2, 0.25) is 0 Å². The molecule has 0 atom stereocenters. The summed E-state index contributed by atoms with van der Waals surface area (Å²) in [5.74, 6) is 0.596. The van der Waals surface area contributed by atoms with Gasteiger partial charge in [0, 0.05) is 18.8 Å². The van der Waals surface area contributed by atoms with Crippen molar-refractivity contribution < 1.29 is 0 Å². The highest BCUT2D eigenvalue weighted by molar-refractivity contribution is 5.94. The Morgan fingerprint density at radius 2 is 2.06 bits per heavy atom. The molecule has 0 aliphatic rings. The van der Waals surface area contributed by atoms with Crippen molar-refractivity contribution in [2.75, 3.05) is 18.0 Å². The molecule has 0 aliphatic heterocycles. The molecule has 0 amide bonds. The topological polar surface area (TPSA) is 41.6 Å². The molecule has 0 unspecified atom stereocenters. The number of hydrogen-bond donors (Lipinski definition) is 1. The lowest BCUT2D eigenvalue weighted by molar-refractivity contribution is 1.01. The average Bonchev–Trinajstić information content (AvgIpc) is 2.31. The highest BCUT2D eigenvalue weighted by Crippen LogP contribution is 2.16. The molecule has 0 bridgehead atoms. The van der Waals surface area contributed by atoms with Crippen molar-refractivity contribution in [3.8, 4) is 0 Å². The summed E-state index contributed by atoms with van der Waals surface area (Å²) >= 11 is 0. The Hall–Kier alpha value is -1.51. The molecule has 0 saturated heterocycles. The fourth-order valence-corrected chi connectivity index (χ4v) is 1.67. The lowest BCUT2D eigenvalue weighted by atomic mass is 10.1. The average molecular weight is 219 g/mol. The van der Waals surface area contributed by atoms with Gasteiger partial charge in [-0.3, -0.25) is 4.99 Å². The molecule has 0 aliphatic carbocycles. The highest BCUT2D eigenvalue weighted by Gasteiger charge is 2.07. The standard InChI is InChI=1S/C13H21N3/c1-4-11-8-7-9-12(10-11)16(6-3)13(14)15-5-2/h7-10H,4-6H2,1-3H3,(H2,14,15). The molecule has 0 fully saturated rings. The van der Waals surface area contributed by atoms with Gasteiger partial charge in [-0.05, 0) is 38.0 Å². The summed E-state index contributed by atoms with van der Waals surface area (Å²) in [5.41, 5.74) is 8.38. The minimum atomic E-state index is 0.596. The number of nitrogens with zero attached hydrogens (tertiary/aromatic N) is 2. The van der Waals surface area contributed by atoms with Gasteiger partial charge in [0.25, 0.3) is 0 Å². The van der Waals surface area contributed by atoms with E-state index in [9.17, 15) is 0 Å². The van der Waals surface area contributed by atoms with Gasteiger partial charge < -0.3 is 10.6 Å². The second-order valence-corrected chi connectivity index (χ2v) is 3.60. The Balaban J connectivity index is 2.98. The molecular formula is C13H21N3. The van der Waals surface area contributed by atoms with Crippen LogP contribution in [0.15, 0.2) is 29.3 Å². The van der Waals surface area contributed by atoms with Crippen molar-refractivity contribution in [3.63, 3.8) is 0 Å². The van der Waals surface area contributed by atoms with Crippen molar-refractivity contribution in [2.45, 2.75) is 27.2 Å². The minimum Gasteiger partial charge on any atom is -0.370 e. The van der Waals surface area contributed by atoms with Crippen LogP contribution in [0.25, 0.3) is 0 Å². The van der Waals surface area contributed by atoms with Gasteiger partial charge in [0.1, 0.15) is 0 Å². The Labute approximate surface area is 98.0 Å². The van der Waals surface area contributed by atoms with Crippen LogP contribution in [0.2, 0.25) is 0 Å². The van der Waals surface area contributed by atoms with Crippen LogP contribution in [0.4, 0.5) is 5.69 Å². The van der Waals surface area contributed by atoms with Gasteiger partial charge in [-0.1, -0.05) is 19.1 Å². The maximum Gasteiger partial charge on any atom is 0.195 e. The van der Waals surface area contributed by atoms with Gasteiger partial charge in [-0.25, -0.2) is 0 Å². The summed E-state index contributed by atoms with van der Waals surface area (Å²) in [6.45, 7) is 7.77. The summed E-state index contributed by atoms with van der Waals surface area (Å²) in [4.78, 5) is 6.28. The third kappa shape index (κ3) is 2.99. The predicted octanol–water partition coefficient (Wildman–Crippen LogP) is 2.41. The number of anilines is 1. The number of aliphatic imine (C=N–C) groups is 1. The first-order chi connectivity index (χ1) is 7.72. The van der Waals surface area contributed by atoms with E-state index in [0.717, 1.165) is 25.2 Å². The zero-order chi connectivity index (χ0) is 12.0. The van der Waals surface area contributed by atoms with E-state index in [0.29, 0.717) is 5.96 Å². The Kier molecular flexibility index (Phi) is 4.83. The van der Waals surface area contributed by atoms with Gasteiger partial charge in [-0.2, -0.15) is 0 Å². The molecular weight excluding hydrogens is 198 g/mol. The van der Waals surface area contributed by atoms with Crippen LogP contribution in [0.5, 0.6) is 0 Å². The Morgan fingerprint density at radius 1 is 1.31 bits per heavy atom. The number of nitrogens with two attached hydrogens (primary N) is 1. The van der Waals surface area contributed by atoms with Crippen molar-refractivity contribution in [2.24, 2.45) is 10.7 Å². The van der Waals surface area contributed by atoms with Gasteiger partial charge in [0.15, 0.2) is 5.96 Å². The molecule has 0 aromatic heterocycles. The van der Waals surface area contributed by atoms with Gasteiger partial charge >= 0.3 is 0 Å². The number of benzene rings is 1. The van der Waals surface area contributed by atoms with Crippen molar-refractivity contribution in [1.82, 2.24) is 0 Å². The number of guanidine groups is 1. The predicted molar refractivity (Wildman–Crippen MR) is 71.0 cm³/mol. The first kappa shape index (κ1) is 12.6. The number of hydrogen-bond acceptors (Lipinski definition) is 1. The molecule has 1 rings (SSSR count). The summed E-state index contributed by atoms with van der Waals surface area (Å²) < 4.78 is 0. The monoisotopic (exact) mass is 219 g/mol. The van der Waals surface area contributed by atoms with Gasteiger partial charge in [-0.15, -0.1) is 0 Å². The zero-order valence-corrected chi connectivity index (χ0v) is 10.4. The molecule has 16 heavy (non-hydrogen) atoms. The lowest BCUT2D eigenvalue weighted by Gasteiger charge is -2.22. The second-order valence-electron chi connectivity index (χ2n) is 3.60. The number of rotatable bonds is 4. The van der Waals surface area contributed by atoms with Crippen LogP contribution in [-0.2, 0) is 6.42 Å². The quantitative estimate of drug-likeness (QED) is 0.624. The smallest absolute Gasteiger partial charge is 0.195 e. The van der Waals surface area contributed by atoms with E-state index in [1.807, 2.05) is 11.8 Å². The molecule has 88 valence electrons. The molecule has 3 nitrogen and oxygen atoms in total. The maximum absolute atomic E-state index is 5.94. The van der Waals surface area contributed by atoms with Crippen LogP contribution >= 0.6 is 0 Å². The molecule has 0 heterocycles. The normalized spacial score (nSPS) is 11.6. The summed E-state index contributed by atoms with van der Waals surface area (Å²) in [5, 5.41) is 0.